The van der Waals surface area contributed by atoms with E-state index in [-0.39, 0.29) is 5.76 Å². The molecule has 1 aromatic heterocycles. The molecule has 0 bridgehead atoms. The predicted octanol–water partition coefficient (Wildman–Crippen LogP) is 1.74. The number of furan rings is 1. The Kier molecular flexibility index (Phi) is 3.09. The van der Waals surface area contributed by atoms with Gasteiger partial charge in [0.2, 0.25) is 5.76 Å². The van der Waals surface area contributed by atoms with Crippen molar-refractivity contribution in [1.29, 1.82) is 5.26 Å². The summed E-state index contributed by atoms with van der Waals surface area (Å²) in [5.74, 6) is -0.480. The molecule has 0 aliphatic heterocycles. The van der Waals surface area contributed by atoms with Gasteiger partial charge in [-0.05, 0) is 18.6 Å². The van der Waals surface area contributed by atoms with Crippen LogP contribution in [0, 0.1) is 11.3 Å². The summed E-state index contributed by atoms with van der Waals surface area (Å²) in [6.07, 6.45) is 1.16. The fourth-order valence-corrected chi connectivity index (χ4v) is 0.783. The number of rotatable bonds is 3. The Bertz CT molecular complexity index is 310. The third kappa shape index (κ3) is 2.34. The molecule has 1 unspecified atom stereocenters. The first kappa shape index (κ1) is 9.33. The maximum atomic E-state index is 11.2. The van der Waals surface area contributed by atoms with Gasteiger partial charge < -0.3 is 9.15 Å². The van der Waals surface area contributed by atoms with Crippen molar-refractivity contribution in [3.8, 4) is 6.07 Å². The van der Waals surface area contributed by atoms with Crippen molar-refractivity contribution in [3.05, 3.63) is 24.2 Å². The van der Waals surface area contributed by atoms with E-state index in [9.17, 15) is 4.79 Å². The first-order chi connectivity index (χ1) is 6.27. The lowest BCUT2D eigenvalue weighted by atomic mass is 10.3. The Morgan fingerprint density at radius 2 is 2.62 bits per heavy atom. The Labute approximate surface area is 75.7 Å². The monoisotopic (exact) mass is 179 g/mol. The topological polar surface area (TPSA) is 63.2 Å². The molecule has 0 amide bonds. The second-order valence-electron chi connectivity index (χ2n) is 2.41. The molecular formula is C9H9NO3. The van der Waals surface area contributed by atoms with E-state index in [1.807, 2.05) is 6.07 Å². The van der Waals surface area contributed by atoms with E-state index in [2.05, 4.69) is 0 Å². The number of esters is 1. The molecule has 0 N–H and O–H groups in total. The van der Waals surface area contributed by atoms with Crippen molar-refractivity contribution in [2.24, 2.45) is 0 Å². The fourth-order valence-electron chi connectivity index (χ4n) is 0.783. The molecule has 1 aromatic rings. The van der Waals surface area contributed by atoms with E-state index in [1.165, 1.54) is 12.3 Å². The van der Waals surface area contributed by atoms with Crippen molar-refractivity contribution in [1.82, 2.24) is 0 Å². The summed E-state index contributed by atoms with van der Waals surface area (Å²) in [5.41, 5.74) is 0. The van der Waals surface area contributed by atoms with Crippen molar-refractivity contribution < 1.29 is 13.9 Å². The lowest BCUT2D eigenvalue weighted by Gasteiger charge is -2.05. The minimum Gasteiger partial charge on any atom is -0.457 e. The standard InChI is InChI=1S/C9H9NO3/c1-2-7(6-10)13-9(11)8-4-3-5-12-8/h3-5,7H,2H2,1H3. The maximum absolute atomic E-state index is 11.2. The van der Waals surface area contributed by atoms with Gasteiger partial charge in [0.25, 0.3) is 0 Å². The minimum atomic E-state index is -0.697. The van der Waals surface area contributed by atoms with Crippen molar-refractivity contribution in [2.75, 3.05) is 0 Å². The molecule has 1 atom stereocenters. The fraction of sp³-hybridized carbons (Fsp3) is 0.333. The van der Waals surface area contributed by atoms with Crippen LogP contribution in [0.5, 0.6) is 0 Å². The summed E-state index contributed by atoms with van der Waals surface area (Å²) in [7, 11) is 0. The van der Waals surface area contributed by atoms with Gasteiger partial charge in [-0.1, -0.05) is 6.92 Å². The first-order valence-corrected chi connectivity index (χ1v) is 3.92. The highest BCUT2D eigenvalue weighted by molar-refractivity contribution is 5.86. The minimum absolute atomic E-state index is 0.119. The molecule has 1 heterocycles. The molecule has 0 aliphatic rings. The van der Waals surface area contributed by atoms with Gasteiger partial charge in [0, 0.05) is 0 Å². The van der Waals surface area contributed by atoms with Crippen LogP contribution in [0.25, 0.3) is 0 Å². The highest BCUT2D eigenvalue weighted by atomic mass is 16.6. The smallest absolute Gasteiger partial charge is 0.375 e. The van der Waals surface area contributed by atoms with Gasteiger partial charge in [-0.2, -0.15) is 5.26 Å². The Hall–Kier alpha value is -1.76. The van der Waals surface area contributed by atoms with E-state index in [0.717, 1.165) is 0 Å². The number of nitriles is 1. The Morgan fingerprint density at radius 1 is 1.85 bits per heavy atom. The summed E-state index contributed by atoms with van der Waals surface area (Å²) in [6.45, 7) is 1.77. The SMILES string of the molecule is CCC(C#N)OC(=O)c1ccco1. The van der Waals surface area contributed by atoms with Gasteiger partial charge >= 0.3 is 5.97 Å². The molecule has 0 radical (unpaired) electrons. The quantitative estimate of drug-likeness (QED) is 0.663. The van der Waals surface area contributed by atoms with E-state index in [1.54, 1.807) is 13.0 Å². The lowest BCUT2D eigenvalue weighted by molar-refractivity contribution is 0.0365. The number of hydrogen-bond donors (Lipinski definition) is 0. The number of carbonyl (C=O) groups is 1. The molecule has 0 aliphatic carbocycles. The average molecular weight is 179 g/mol. The average Bonchev–Trinajstić information content (AvgIpc) is 2.66. The molecule has 4 heteroatoms. The van der Waals surface area contributed by atoms with Crippen molar-refractivity contribution in [2.45, 2.75) is 19.4 Å². The van der Waals surface area contributed by atoms with E-state index in [0.29, 0.717) is 6.42 Å². The highest BCUT2D eigenvalue weighted by Crippen LogP contribution is 2.05. The normalized spacial score (nSPS) is 11.7. The summed E-state index contributed by atoms with van der Waals surface area (Å²) in [6, 6.07) is 4.94. The second kappa shape index (κ2) is 4.31. The van der Waals surface area contributed by atoms with Crippen LogP contribution in [0.15, 0.2) is 22.8 Å². The summed E-state index contributed by atoms with van der Waals surface area (Å²) in [5, 5.41) is 8.51. The first-order valence-electron chi connectivity index (χ1n) is 3.92. The van der Waals surface area contributed by atoms with Crippen molar-refractivity contribution >= 4 is 5.97 Å². The van der Waals surface area contributed by atoms with E-state index < -0.39 is 12.1 Å². The Morgan fingerprint density at radius 3 is 3.08 bits per heavy atom. The molecule has 4 nitrogen and oxygen atoms in total. The molecular weight excluding hydrogens is 170 g/mol. The predicted molar refractivity (Wildman–Crippen MR) is 43.8 cm³/mol. The van der Waals surface area contributed by atoms with Gasteiger partial charge in [0.05, 0.1) is 6.26 Å². The molecule has 0 saturated carbocycles. The number of nitrogens with zero attached hydrogens (tertiary/aromatic N) is 1. The molecule has 0 spiro atoms. The molecule has 1 rings (SSSR count). The van der Waals surface area contributed by atoms with Gasteiger partial charge in [-0.25, -0.2) is 4.79 Å². The van der Waals surface area contributed by atoms with E-state index >= 15 is 0 Å². The summed E-state index contributed by atoms with van der Waals surface area (Å²) >= 11 is 0. The van der Waals surface area contributed by atoms with Crippen LogP contribution in [0.4, 0.5) is 0 Å². The third-order valence-electron chi connectivity index (χ3n) is 1.49. The molecule has 0 fully saturated rings. The zero-order chi connectivity index (χ0) is 9.68. The van der Waals surface area contributed by atoms with Crippen LogP contribution in [0.3, 0.4) is 0 Å². The number of hydrogen-bond acceptors (Lipinski definition) is 4. The molecule has 0 aromatic carbocycles. The molecule has 0 saturated heterocycles. The third-order valence-corrected chi connectivity index (χ3v) is 1.49. The molecule has 13 heavy (non-hydrogen) atoms. The zero-order valence-electron chi connectivity index (χ0n) is 7.19. The number of carbonyl (C=O) groups excluding carboxylic acids is 1. The van der Waals surface area contributed by atoms with Gasteiger partial charge in [-0.3, -0.25) is 0 Å². The van der Waals surface area contributed by atoms with Crippen LogP contribution in [-0.4, -0.2) is 12.1 Å². The van der Waals surface area contributed by atoms with Crippen LogP contribution in [0.2, 0.25) is 0 Å². The highest BCUT2D eigenvalue weighted by Gasteiger charge is 2.15. The zero-order valence-corrected chi connectivity index (χ0v) is 7.19. The van der Waals surface area contributed by atoms with Crippen LogP contribution >= 0.6 is 0 Å². The lowest BCUT2D eigenvalue weighted by Crippen LogP contribution is -2.14. The maximum Gasteiger partial charge on any atom is 0.375 e. The van der Waals surface area contributed by atoms with Gasteiger partial charge in [-0.15, -0.1) is 0 Å². The van der Waals surface area contributed by atoms with Crippen LogP contribution < -0.4 is 0 Å². The summed E-state index contributed by atoms with van der Waals surface area (Å²) in [4.78, 5) is 11.2. The van der Waals surface area contributed by atoms with Crippen LogP contribution in [-0.2, 0) is 4.74 Å². The number of ether oxygens (including phenoxy) is 1. The molecule has 68 valence electrons. The summed E-state index contributed by atoms with van der Waals surface area (Å²) < 4.78 is 9.60. The van der Waals surface area contributed by atoms with Crippen LogP contribution in [0.1, 0.15) is 23.9 Å². The van der Waals surface area contributed by atoms with Gasteiger partial charge in [0.15, 0.2) is 6.10 Å². The largest absolute Gasteiger partial charge is 0.457 e. The van der Waals surface area contributed by atoms with E-state index in [4.69, 9.17) is 14.4 Å². The Balaban J connectivity index is 2.57. The second-order valence-corrected chi connectivity index (χ2v) is 2.41. The van der Waals surface area contributed by atoms with Crippen molar-refractivity contribution in [3.63, 3.8) is 0 Å². The van der Waals surface area contributed by atoms with Gasteiger partial charge in [0.1, 0.15) is 6.07 Å².